The van der Waals surface area contributed by atoms with Crippen LogP contribution < -0.4 is 10.6 Å². The standard InChI is InChI=1S/C24H27N3O2S/c1-18-9-11-19(12-10-18)13-14-22(28)26-24(30)25-21-8-6-7-20(17-21)23(29)27-15-4-2-3-5-16-27/h6-14,17H,2-5,15-16H2,1H3,(H2,25,26,28,30)/b14-13+. The van der Waals surface area contributed by atoms with E-state index in [1.54, 1.807) is 12.1 Å². The van der Waals surface area contributed by atoms with Crippen LogP contribution in [0.3, 0.4) is 0 Å². The molecule has 156 valence electrons. The van der Waals surface area contributed by atoms with Crippen molar-refractivity contribution in [3.8, 4) is 0 Å². The number of carbonyl (C=O) groups excluding carboxylic acids is 2. The molecule has 2 N–H and O–H groups in total. The molecule has 1 saturated heterocycles. The van der Waals surface area contributed by atoms with Gasteiger partial charge in [0.25, 0.3) is 5.91 Å². The molecule has 0 bridgehead atoms. The molecule has 0 radical (unpaired) electrons. The molecule has 0 saturated carbocycles. The maximum absolute atomic E-state index is 12.8. The van der Waals surface area contributed by atoms with Crippen LogP contribution in [-0.2, 0) is 4.79 Å². The largest absolute Gasteiger partial charge is 0.339 e. The number of nitrogens with one attached hydrogen (secondary N) is 2. The fourth-order valence-corrected chi connectivity index (χ4v) is 3.57. The highest BCUT2D eigenvalue weighted by molar-refractivity contribution is 7.80. The zero-order valence-corrected chi connectivity index (χ0v) is 18.0. The first-order valence-corrected chi connectivity index (χ1v) is 10.7. The summed E-state index contributed by atoms with van der Waals surface area (Å²) in [7, 11) is 0. The zero-order chi connectivity index (χ0) is 21.3. The lowest BCUT2D eigenvalue weighted by Crippen LogP contribution is -2.33. The predicted molar refractivity (Wildman–Crippen MR) is 125 cm³/mol. The first-order valence-electron chi connectivity index (χ1n) is 10.3. The summed E-state index contributed by atoms with van der Waals surface area (Å²) >= 11 is 5.24. The van der Waals surface area contributed by atoms with Crippen molar-refractivity contribution in [2.75, 3.05) is 18.4 Å². The van der Waals surface area contributed by atoms with Crippen LogP contribution in [-0.4, -0.2) is 34.9 Å². The lowest BCUT2D eigenvalue weighted by molar-refractivity contribution is -0.115. The normalized spacial score (nSPS) is 14.2. The van der Waals surface area contributed by atoms with Gasteiger partial charge in [-0.3, -0.25) is 14.9 Å². The molecule has 0 aromatic heterocycles. The molecular formula is C24H27N3O2S. The summed E-state index contributed by atoms with van der Waals surface area (Å²) in [6, 6.07) is 15.1. The molecule has 5 nitrogen and oxygen atoms in total. The van der Waals surface area contributed by atoms with E-state index in [1.807, 2.05) is 54.3 Å². The van der Waals surface area contributed by atoms with E-state index in [4.69, 9.17) is 12.2 Å². The summed E-state index contributed by atoms with van der Waals surface area (Å²) in [5.41, 5.74) is 3.40. The van der Waals surface area contributed by atoms with E-state index in [-0.39, 0.29) is 16.9 Å². The summed E-state index contributed by atoms with van der Waals surface area (Å²) in [5, 5.41) is 5.80. The van der Waals surface area contributed by atoms with Gasteiger partial charge in [-0.05, 0) is 61.8 Å². The second kappa shape index (κ2) is 10.7. The quantitative estimate of drug-likeness (QED) is 0.562. The Hall–Kier alpha value is -2.99. The van der Waals surface area contributed by atoms with Crippen LogP contribution in [0, 0.1) is 6.92 Å². The molecule has 2 aromatic carbocycles. The van der Waals surface area contributed by atoms with Crippen LogP contribution in [0.25, 0.3) is 6.08 Å². The highest BCUT2D eigenvalue weighted by Gasteiger charge is 2.17. The molecule has 0 aliphatic carbocycles. The molecular weight excluding hydrogens is 394 g/mol. The molecule has 6 heteroatoms. The van der Waals surface area contributed by atoms with E-state index in [2.05, 4.69) is 10.6 Å². The molecule has 1 fully saturated rings. The highest BCUT2D eigenvalue weighted by Crippen LogP contribution is 2.16. The molecule has 0 atom stereocenters. The number of hydrogen-bond acceptors (Lipinski definition) is 3. The van der Waals surface area contributed by atoms with E-state index in [0.29, 0.717) is 11.3 Å². The van der Waals surface area contributed by atoms with Crippen molar-refractivity contribution in [2.45, 2.75) is 32.6 Å². The minimum absolute atomic E-state index is 0.0385. The smallest absolute Gasteiger partial charge is 0.253 e. The fraction of sp³-hybridized carbons (Fsp3) is 0.292. The number of anilines is 1. The average molecular weight is 422 g/mol. The Morgan fingerprint density at radius 2 is 1.70 bits per heavy atom. The molecule has 1 aliphatic heterocycles. The van der Waals surface area contributed by atoms with Gasteiger partial charge in [0, 0.05) is 30.4 Å². The van der Waals surface area contributed by atoms with Crippen molar-refractivity contribution in [3.05, 3.63) is 71.3 Å². The maximum Gasteiger partial charge on any atom is 0.253 e. The van der Waals surface area contributed by atoms with E-state index in [0.717, 1.165) is 31.5 Å². The fourth-order valence-electron chi connectivity index (χ4n) is 3.35. The Morgan fingerprint density at radius 3 is 2.40 bits per heavy atom. The van der Waals surface area contributed by atoms with E-state index >= 15 is 0 Å². The van der Waals surface area contributed by atoms with Gasteiger partial charge in [-0.15, -0.1) is 0 Å². The van der Waals surface area contributed by atoms with Crippen LogP contribution in [0.2, 0.25) is 0 Å². The Kier molecular flexibility index (Phi) is 7.74. The lowest BCUT2D eigenvalue weighted by Gasteiger charge is -2.20. The van der Waals surface area contributed by atoms with Gasteiger partial charge in [0.15, 0.2) is 5.11 Å². The second-order valence-electron chi connectivity index (χ2n) is 7.47. The highest BCUT2D eigenvalue weighted by atomic mass is 32.1. The monoisotopic (exact) mass is 421 g/mol. The molecule has 1 heterocycles. The number of likely N-dealkylation sites (tertiary alicyclic amines) is 1. The van der Waals surface area contributed by atoms with Gasteiger partial charge in [0.05, 0.1) is 0 Å². The maximum atomic E-state index is 12.8. The molecule has 2 amide bonds. The predicted octanol–water partition coefficient (Wildman–Crippen LogP) is 4.54. The van der Waals surface area contributed by atoms with Crippen LogP contribution >= 0.6 is 12.2 Å². The summed E-state index contributed by atoms with van der Waals surface area (Å²) in [6.45, 7) is 3.62. The molecule has 0 unspecified atom stereocenters. The average Bonchev–Trinajstić information content (AvgIpc) is 3.02. The van der Waals surface area contributed by atoms with Crippen molar-refractivity contribution >= 4 is 40.9 Å². The minimum Gasteiger partial charge on any atom is -0.339 e. The van der Waals surface area contributed by atoms with Gasteiger partial charge in [-0.25, -0.2) is 0 Å². The van der Waals surface area contributed by atoms with Gasteiger partial charge >= 0.3 is 0 Å². The Bertz CT molecular complexity index is 930. The van der Waals surface area contributed by atoms with E-state index < -0.39 is 0 Å². The zero-order valence-electron chi connectivity index (χ0n) is 17.2. The molecule has 3 rings (SSSR count). The van der Waals surface area contributed by atoms with Crippen LogP contribution in [0.4, 0.5) is 5.69 Å². The molecule has 0 spiro atoms. The van der Waals surface area contributed by atoms with Crippen molar-refractivity contribution in [1.82, 2.24) is 10.2 Å². The topological polar surface area (TPSA) is 61.4 Å². The van der Waals surface area contributed by atoms with Gasteiger partial charge in [-0.1, -0.05) is 48.7 Å². The van der Waals surface area contributed by atoms with Gasteiger partial charge < -0.3 is 10.2 Å². The summed E-state index contributed by atoms with van der Waals surface area (Å²) in [4.78, 5) is 26.8. The van der Waals surface area contributed by atoms with Crippen LogP contribution in [0.1, 0.15) is 47.2 Å². The molecule has 1 aliphatic rings. The summed E-state index contributed by atoms with van der Waals surface area (Å²) < 4.78 is 0. The summed E-state index contributed by atoms with van der Waals surface area (Å²) in [5.74, 6) is -0.276. The number of amides is 2. The third kappa shape index (κ3) is 6.52. The Balaban J connectivity index is 1.55. The molecule has 30 heavy (non-hydrogen) atoms. The third-order valence-electron chi connectivity index (χ3n) is 5.00. The number of aryl methyl sites for hydroxylation is 1. The van der Waals surface area contributed by atoms with Crippen LogP contribution in [0.5, 0.6) is 0 Å². The van der Waals surface area contributed by atoms with Crippen molar-refractivity contribution in [2.24, 2.45) is 0 Å². The Morgan fingerprint density at radius 1 is 1.00 bits per heavy atom. The van der Waals surface area contributed by atoms with Gasteiger partial charge in [0.2, 0.25) is 5.91 Å². The second-order valence-corrected chi connectivity index (χ2v) is 7.88. The van der Waals surface area contributed by atoms with E-state index in [9.17, 15) is 9.59 Å². The van der Waals surface area contributed by atoms with Gasteiger partial charge in [0.1, 0.15) is 0 Å². The SMILES string of the molecule is Cc1ccc(/C=C/C(=O)NC(=S)Nc2cccc(C(=O)N3CCCCCC3)c2)cc1. The number of hydrogen-bond donors (Lipinski definition) is 2. The number of carbonyl (C=O) groups is 2. The number of thiocarbonyl (C=S) groups is 1. The molecule has 2 aromatic rings. The first kappa shape index (κ1) is 21.7. The van der Waals surface area contributed by atoms with Crippen LogP contribution in [0.15, 0.2) is 54.6 Å². The first-order chi connectivity index (χ1) is 14.5. The minimum atomic E-state index is -0.315. The lowest BCUT2D eigenvalue weighted by atomic mass is 10.1. The number of nitrogens with zero attached hydrogens (tertiary/aromatic N) is 1. The van der Waals surface area contributed by atoms with Crippen molar-refractivity contribution < 1.29 is 9.59 Å². The third-order valence-corrected chi connectivity index (χ3v) is 5.21. The summed E-state index contributed by atoms with van der Waals surface area (Å²) in [6.07, 6.45) is 7.64. The number of benzene rings is 2. The van der Waals surface area contributed by atoms with Gasteiger partial charge in [-0.2, -0.15) is 0 Å². The Labute approximate surface area is 183 Å². The van der Waals surface area contributed by atoms with E-state index in [1.165, 1.54) is 24.5 Å². The van der Waals surface area contributed by atoms with Crippen molar-refractivity contribution in [3.63, 3.8) is 0 Å². The van der Waals surface area contributed by atoms with Crippen molar-refractivity contribution in [1.29, 1.82) is 0 Å². The number of rotatable bonds is 4.